The van der Waals surface area contributed by atoms with Crippen LogP contribution in [0.5, 0.6) is 0 Å². The number of anilines is 1. The summed E-state index contributed by atoms with van der Waals surface area (Å²) in [6, 6.07) is 5.45. The molecule has 1 unspecified atom stereocenters. The van der Waals surface area contributed by atoms with Gasteiger partial charge in [0.25, 0.3) is 0 Å². The number of nitrogens with zero attached hydrogens (tertiary/aromatic N) is 4. The number of amides is 2. The van der Waals surface area contributed by atoms with E-state index < -0.39 is 0 Å². The lowest BCUT2D eigenvalue weighted by Gasteiger charge is -2.39. The molecule has 2 amide bonds. The molecule has 3 fully saturated rings. The summed E-state index contributed by atoms with van der Waals surface area (Å²) in [7, 11) is 0. The highest BCUT2D eigenvalue weighted by Crippen LogP contribution is 2.37. The van der Waals surface area contributed by atoms with Crippen LogP contribution in [0.4, 0.5) is 5.82 Å². The predicted octanol–water partition coefficient (Wildman–Crippen LogP) is 0.907. The summed E-state index contributed by atoms with van der Waals surface area (Å²) in [5, 5.41) is 11.8. The number of hydrogen-bond acceptors (Lipinski definition) is 5. The first-order valence-electron chi connectivity index (χ1n) is 9.36. The molecule has 26 heavy (non-hydrogen) atoms. The molecule has 4 rings (SSSR count). The highest BCUT2D eigenvalue weighted by Gasteiger charge is 2.45. The Labute approximate surface area is 153 Å². The van der Waals surface area contributed by atoms with E-state index in [9.17, 15) is 9.59 Å². The van der Waals surface area contributed by atoms with Gasteiger partial charge in [-0.25, -0.2) is 4.98 Å². The minimum absolute atomic E-state index is 0.0169. The molecule has 0 bridgehead atoms. The zero-order valence-electron chi connectivity index (χ0n) is 14.7. The molecule has 1 aromatic rings. The van der Waals surface area contributed by atoms with Crippen LogP contribution in [0.15, 0.2) is 18.3 Å². The summed E-state index contributed by atoms with van der Waals surface area (Å²) in [4.78, 5) is 33.6. The van der Waals surface area contributed by atoms with Crippen molar-refractivity contribution in [3.8, 4) is 6.07 Å². The summed E-state index contributed by atoms with van der Waals surface area (Å²) < 4.78 is 0. The number of nitrogens with one attached hydrogen (secondary N) is 1. The molecular weight excluding hydrogens is 330 g/mol. The number of piperazine rings is 1. The first-order chi connectivity index (χ1) is 12.7. The van der Waals surface area contributed by atoms with Crippen molar-refractivity contribution in [2.75, 3.05) is 31.1 Å². The molecular formula is C19H23N5O2. The van der Waals surface area contributed by atoms with Gasteiger partial charge in [0.2, 0.25) is 11.8 Å². The monoisotopic (exact) mass is 353 g/mol. The van der Waals surface area contributed by atoms with Gasteiger partial charge < -0.3 is 15.1 Å². The molecule has 0 spiro atoms. The van der Waals surface area contributed by atoms with Crippen LogP contribution in [0.2, 0.25) is 0 Å². The van der Waals surface area contributed by atoms with E-state index >= 15 is 0 Å². The molecule has 1 aromatic heterocycles. The second kappa shape index (κ2) is 6.94. The topological polar surface area (TPSA) is 89.3 Å². The van der Waals surface area contributed by atoms with Crippen molar-refractivity contribution in [3.05, 3.63) is 23.9 Å². The van der Waals surface area contributed by atoms with Crippen molar-refractivity contribution in [1.82, 2.24) is 15.2 Å². The molecule has 7 nitrogen and oxygen atoms in total. The number of piperidine rings is 1. The molecule has 2 aliphatic heterocycles. The van der Waals surface area contributed by atoms with Crippen LogP contribution in [0, 0.1) is 23.2 Å². The SMILES string of the molecule is N#Cc1ccc(N2CCC(C(=O)N3CCNC(=O)C3C3CC3)CC2)nc1. The second-order valence-corrected chi connectivity index (χ2v) is 7.38. The van der Waals surface area contributed by atoms with Crippen LogP contribution >= 0.6 is 0 Å². The molecule has 1 aliphatic carbocycles. The van der Waals surface area contributed by atoms with Crippen LogP contribution in [-0.4, -0.2) is 53.9 Å². The average Bonchev–Trinajstić information content (AvgIpc) is 3.52. The highest BCUT2D eigenvalue weighted by atomic mass is 16.2. The first-order valence-corrected chi connectivity index (χ1v) is 9.36. The number of carbonyl (C=O) groups excluding carboxylic acids is 2. The third-order valence-electron chi connectivity index (χ3n) is 5.65. The number of pyridine rings is 1. The van der Waals surface area contributed by atoms with Crippen molar-refractivity contribution in [1.29, 1.82) is 5.26 Å². The first kappa shape index (κ1) is 16.8. The quantitative estimate of drug-likeness (QED) is 0.872. The Hall–Kier alpha value is -2.62. The standard InChI is InChI=1S/C19H23N5O2/c20-11-13-1-4-16(22-12-13)23-8-5-15(6-9-23)19(26)24-10-7-21-18(25)17(24)14-2-3-14/h1,4,12,14-15,17H,2-3,5-10H2,(H,21,25). The Balaban J connectivity index is 1.38. The third kappa shape index (κ3) is 3.24. The van der Waals surface area contributed by atoms with Gasteiger partial charge in [-0.1, -0.05) is 0 Å². The third-order valence-corrected chi connectivity index (χ3v) is 5.65. The van der Waals surface area contributed by atoms with E-state index in [-0.39, 0.29) is 23.8 Å². The van der Waals surface area contributed by atoms with E-state index in [1.807, 2.05) is 11.0 Å². The molecule has 3 heterocycles. The van der Waals surface area contributed by atoms with Gasteiger partial charge in [0.15, 0.2) is 0 Å². The van der Waals surface area contributed by atoms with Crippen LogP contribution < -0.4 is 10.2 Å². The van der Waals surface area contributed by atoms with Gasteiger partial charge >= 0.3 is 0 Å². The van der Waals surface area contributed by atoms with Crippen molar-refractivity contribution in [2.24, 2.45) is 11.8 Å². The van der Waals surface area contributed by atoms with E-state index in [4.69, 9.17) is 5.26 Å². The fourth-order valence-corrected chi connectivity index (χ4v) is 4.04. The molecule has 3 aliphatic rings. The van der Waals surface area contributed by atoms with Crippen LogP contribution in [0.25, 0.3) is 0 Å². The number of aromatic nitrogens is 1. The largest absolute Gasteiger partial charge is 0.357 e. The molecule has 136 valence electrons. The number of carbonyl (C=O) groups is 2. The Kier molecular flexibility index (Phi) is 4.49. The van der Waals surface area contributed by atoms with E-state index in [0.29, 0.717) is 24.6 Å². The van der Waals surface area contributed by atoms with E-state index in [1.165, 1.54) is 0 Å². The van der Waals surface area contributed by atoms with E-state index in [0.717, 1.165) is 44.6 Å². The van der Waals surface area contributed by atoms with Crippen molar-refractivity contribution >= 4 is 17.6 Å². The van der Waals surface area contributed by atoms with Gasteiger partial charge in [0.1, 0.15) is 17.9 Å². The lowest BCUT2D eigenvalue weighted by atomic mass is 9.93. The van der Waals surface area contributed by atoms with Crippen LogP contribution in [0.1, 0.15) is 31.2 Å². The number of nitriles is 1. The molecule has 1 N–H and O–H groups in total. The minimum Gasteiger partial charge on any atom is -0.357 e. The predicted molar refractivity (Wildman–Crippen MR) is 95.1 cm³/mol. The van der Waals surface area contributed by atoms with Gasteiger partial charge in [-0.15, -0.1) is 0 Å². The Bertz CT molecular complexity index is 729. The molecule has 7 heteroatoms. The second-order valence-electron chi connectivity index (χ2n) is 7.38. The number of rotatable bonds is 3. The Morgan fingerprint density at radius 2 is 1.96 bits per heavy atom. The lowest BCUT2D eigenvalue weighted by molar-refractivity contribution is -0.147. The minimum atomic E-state index is -0.255. The van der Waals surface area contributed by atoms with Gasteiger partial charge in [0.05, 0.1) is 5.56 Å². The molecule has 1 saturated carbocycles. The molecule has 1 atom stereocenters. The average molecular weight is 353 g/mol. The maximum atomic E-state index is 13.0. The summed E-state index contributed by atoms with van der Waals surface area (Å²) >= 11 is 0. The highest BCUT2D eigenvalue weighted by molar-refractivity contribution is 5.90. The number of hydrogen-bond donors (Lipinski definition) is 1. The van der Waals surface area contributed by atoms with Crippen molar-refractivity contribution in [2.45, 2.75) is 31.7 Å². The fourth-order valence-electron chi connectivity index (χ4n) is 4.04. The summed E-state index contributed by atoms with van der Waals surface area (Å²) in [6.07, 6.45) is 5.22. The van der Waals surface area contributed by atoms with Gasteiger partial charge in [-0.05, 0) is 43.7 Å². The van der Waals surface area contributed by atoms with Gasteiger partial charge in [-0.2, -0.15) is 5.26 Å². The van der Waals surface area contributed by atoms with Crippen LogP contribution in [0.3, 0.4) is 0 Å². The molecule has 0 radical (unpaired) electrons. The van der Waals surface area contributed by atoms with Crippen molar-refractivity contribution < 1.29 is 9.59 Å². The van der Waals surface area contributed by atoms with Crippen molar-refractivity contribution in [3.63, 3.8) is 0 Å². The Morgan fingerprint density at radius 1 is 1.19 bits per heavy atom. The lowest BCUT2D eigenvalue weighted by Crippen LogP contribution is -2.59. The van der Waals surface area contributed by atoms with E-state index in [2.05, 4.69) is 21.3 Å². The maximum absolute atomic E-state index is 13.0. The smallest absolute Gasteiger partial charge is 0.243 e. The van der Waals surface area contributed by atoms with Gasteiger partial charge in [-0.3, -0.25) is 9.59 Å². The summed E-state index contributed by atoms with van der Waals surface area (Å²) in [5.74, 6) is 1.34. The fraction of sp³-hybridized carbons (Fsp3) is 0.579. The van der Waals surface area contributed by atoms with E-state index in [1.54, 1.807) is 12.3 Å². The van der Waals surface area contributed by atoms with Gasteiger partial charge in [0, 0.05) is 38.3 Å². The van der Waals surface area contributed by atoms with Crippen LogP contribution in [-0.2, 0) is 9.59 Å². The maximum Gasteiger partial charge on any atom is 0.243 e. The normalized spacial score (nSPS) is 24.1. The summed E-state index contributed by atoms with van der Waals surface area (Å²) in [5.41, 5.74) is 0.549. The molecule has 2 saturated heterocycles. The zero-order chi connectivity index (χ0) is 18.1. The molecule has 0 aromatic carbocycles. The zero-order valence-corrected chi connectivity index (χ0v) is 14.7. The summed E-state index contributed by atoms with van der Waals surface area (Å²) in [6.45, 7) is 2.72. The Morgan fingerprint density at radius 3 is 2.58 bits per heavy atom.